The number of hydrogen-bond donors (Lipinski definition) is 2. The molecule has 0 aliphatic carbocycles. The number of aryl methyl sites for hydroxylation is 1. The highest BCUT2D eigenvalue weighted by Crippen LogP contribution is 2.23. The summed E-state index contributed by atoms with van der Waals surface area (Å²) in [7, 11) is 0. The maximum absolute atomic E-state index is 12.6. The number of nitrogens with zero attached hydrogens (tertiary/aromatic N) is 3. The molecule has 6 heteroatoms. The monoisotopic (exact) mass is 405 g/mol. The highest BCUT2D eigenvalue weighted by atomic mass is 16.1. The largest absolute Gasteiger partial charge is 0.340 e. The number of aromatic nitrogens is 2. The smallest absolute Gasteiger partial charge is 0.255 e. The number of carbonyl (C=O) groups excluding carboxylic acids is 1. The van der Waals surface area contributed by atoms with E-state index in [0.29, 0.717) is 28.5 Å². The van der Waals surface area contributed by atoms with E-state index in [-0.39, 0.29) is 5.91 Å². The average molecular weight is 405 g/mol. The molecule has 0 saturated heterocycles. The van der Waals surface area contributed by atoms with Crippen molar-refractivity contribution in [3.63, 3.8) is 0 Å². The van der Waals surface area contributed by atoms with Crippen molar-refractivity contribution in [3.8, 4) is 17.3 Å². The van der Waals surface area contributed by atoms with Gasteiger partial charge in [0.1, 0.15) is 11.6 Å². The number of rotatable bonds is 5. The summed E-state index contributed by atoms with van der Waals surface area (Å²) < 4.78 is 0. The van der Waals surface area contributed by atoms with Gasteiger partial charge in [0.15, 0.2) is 0 Å². The van der Waals surface area contributed by atoms with Crippen LogP contribution in [-0.2, 0) is 0 Å². The molecular weight excluding hydrogens is 386 g/mol. The van der Waals surface area contributed by atoms with Gasteiger partial charge < -0.3 is 10.6 Å². The van der Waals surface area contributed by atoms with Crippen LogP contribution in [0.3, 0.4) is 0 Å². The molecule has 0 fully saturated rings. The van der Waals surface area contributed by atoms with Gasteiger partial charge in [0.25, 0.3) is 5.91 Å². The van der Waals surface area contributed by atoms with Gasteiger partial charge in [-0.25, -0.2) is 9.97 Å². The topological polar surface area (TPSA) is 90.7 Å². The van der Waals surface area contributed by atoms with Crippen LogP contribution in [0, 0.1) is 18.3 Å². The van der Waals surface area contributed by atoms with Gasteiger partial charge >= 0.3 is 0 Å². The van der Waals surface area contributed by atoms with E-state index in [0.717, 1.165) is 16.9 Å². The first kappa shape index (κ1) is 19.8. The third-order valence-corrected chi connectivity index (χ3v) is 4.58. The molecule has 0 aliphatic heterocycles. The summed E-state index contributed by atoms with van der Waals surface area (Å²) >= 11 is 0. The van der Waals surface area contributed by atoms with Crippen molar-refractivity contribution < 1.29 is 4.79 Å². The van der Waals surface area contributed by atoms with Crippen LogP contribution in [-0.4, -0.2) is 15.9 Å². The number of carbonyl (C=O) groups is 1. The molecule has 0 unspecified atom stereocenters. The van der Waals surface area contributed by atoms with Crippen LogP contribution in [0.2, 0.25) is 0 Å². The maximum atomic E-state index is 12.6. The van der Waals surface area contributed by atoms with Crippen LogP contribution in [0.5, 0.6) is 0 Å². The Kier molecular flexibility index (Phi) is 5.68. The molecule has 0 spiro atoms. The van der Waals surface area contributed by atoms with Crippen molar-refractivity contribution in [3.05, 3.63) is 102 Å². The molecule has 2 N–H and O–H groups in total. The first-order chi connectivity index (χ1) is 15.1. The Balaban J connectivity index is 1.53. The lowest BCUT2D eigenvalue weighted by Gasteiger charge is -2.11. The van der Waals surface area contributed by atoms with E-state index >= 15 is 0 Å². The number of benzene rings is 3. The molecule has 1 amide bonds. The number of nitrogens with one attached hydrogen (secondary N) is 2. The zero-order valence-electron chi connectivity index (χ0n) is 16.8. The van der Waals surface area contributed by atoms with Gasteiger partial charge in [0.05, 0.1) is 17.3 Å². The van der Waals surface area contributed by atoms with E-state index in [1.807, 2.05) is 55.5 Å². The molecule has 0 radical (unpaired) electrons. The predicted octanol–water partition coefficient (Wildman–Crippen LogP) is 5.32. The van der Waals surface area contributed by atoms with Crippen molar-refractivity contribution in [2.75, 3.05) is 10.6 Å². The lowest BCUT2D eigenvalue weighted by atomic mass is 10.1. The fraction of sp³-hybridized carbons (Fsp3) is 0.0400. The summed E-state index contributed by atoms with van der Waals surface area (Å²) in [5, 5.41) is 15.0. The van der Waals surface area contributed by atoms with Crippen molar-refractivity contribution in [1.82, 2.24) is 9.97 Å². The highest BCUT2D eigenvalue weighted by molar-refractivity contribution is 6.04. The molecule has 1 heterocycles. The predicted molar refractivity (Wildman–Crippen MR) is 121 cm³/mol. The fourth-order valence-corrected chi connectivity index (χ4v) is 3.11. The fourth-order valence-electron chi connectivity index (χ4n) is 3.11. The molecule has 31 heavy (non-hydrogen) atoms. The first-order valence-electron chi connectivity index (χ1n) is 9.70. The molecule has 6 nitrogen and oxygen atoms in total. The van der Waals surface area contributed by atoms with Crippen LogP contribution >= 0.6 is 0 Å². The van der Waals surface area contributed by atoms with Crippen molar-refractivity contribution in [2.24, 2.45) is 0 Å². The number of anilines is 3. The van der Waals surface area contributed by atoms with Crippen molar-refractivity contribution in [2.45, 2.75) is 6.92 Å². The van der Waals surface area contributed by atoms with Gasteiger partial charge in [-0.05, 0) is 49.4 Å². The third-order valence-electron chi connectivity index (χ3n) is 4.58. The van der Waals surface area contributed by atoms with Gasteiger partial charge in [-0.1, -0.05) is 36.4 Å². The Hall–Kier alpha value is -4.50. The van der Waals surface area contributed by atoms with Crippen LogP contribution in [0.4, 0.5) is 17.2 Å². The minimum absolute atomic E-state index is 0.239. The zero-order chi connectivity index (χ0) is 21.6. The normalized spacial score (nSPS) is 10.2. The molecule has 0 atom stereocenters. The Morgan fingerprint density at radius 3 is 2.39 bits per heavy atom. The average Bonchev–Trinajstić information content (AvgIpc) is 2.80. The summed E-state index contributed by atoms with van der Waals surface area (Å²) in [6, 6.07) is 27.7. The molecule has 0 saturated carbocycles. The van der Waals surface area contributed by atoms with Crippen LogP contribution in [0.15, 0.2) is 84.9 Å². The zero-order valence-corrected chi connectivity index (χ0v) is 16.8. The van der Waals surface area contributed by atoms with Crippen LogP contribution < -0.4 is 10.6 Å². The lowest BCUT2D eigenvalue weighted by Crippen LogP contribution is -2.12. The Morgan fingerprint density at radius 2 is 1.65 bits per heavy atom. The molecule has 4 rings (SSSR count). The van der Waals surface area contributed by atoms with Crippen LogP contribution in [0.25, 0.3) is 11.3 Å². The second-order valence-electron chi connectivity index (χ2n) is 6.90. The quantitative estimate of drug-likeness (QED) is 0.469. The Morgan fingerprint density at radius 1 is 0.871 bits per heavy atom. The highest BCUT2D eigenvalue weighted by Gasteiger charge is 2.09. The molecule has 0 bridgehead atoms. The molecule has 3 aromatic carbocycles. The number of nitriles is 1. The molecule has 1 aromatic heterocycles. The molecule has 0 aliphatic rings. The Labute approximate surface area is 180 Å². The summed E-state index contributed by atoms with van der Waals surface area (Å²) in [6.45, 7) is 1.85. The van der Waals surface area contributed by atoms with E-state index < -0.39 is 0 Å². The summed E-state index contributed by atoms with van der Waals surface area (Å²) in [5.41, 5.74) is 4.24. The lowest BCUT2D eigenvalue weighted by molar-refractivity contribution is 0.102. The summed E-state index contributed by atoms with van der Waals surface area (Å²) in [6.07, 6.45) is 0. The third kappa shape index (κ3) is 4.92. The van der Waals surface area contributed by atoms with Gasteiger partial charge in [-0.15, -0.1) is 0 Å². The van der Waals surface area contributed by atoms with Gasteiger partial charge in [0.2, 0.25) is 0 Å². The van der Waals surface area contributed by atoms with E-state index in [9.17, 15) is 4.79 Å². The SMILES string of the molecule is Cc1nc(Nc2cccc(C(=O)Nc3ccc(C#N)cc3)c2)cc(-c2ccccc2)n1. The van der Waals surface area contributed by atoms with Gasteiger partial charge in [-0.2, -0.15) is 5.26 Å². The molecular formula is C25H19N5O. The van der Waals surface area contributed by atoms with Gasteiger partial charge in [-0.3, -0.25) is 4.79 Å². The van der Waals surface area contributed by atoms with E-state index in [4.69, 9.17) is 5.26 Å². The summed E-state index contributed by atoms with van der Waals surface area (Å²) in [5.74, 6) is 1.06. The first-order valence-corrected chi connectivity index (χ1v) is 9.70. The number of hydrogen-bond acceptors (Lipinski definition) is 5. The van der Waals surface area contributed by atoms with E-state index in [1.54, 1.807) is 36.4 Å². The maximum Gasteiger partial charge on any atom is 0.255 e. The van der Waals surface area contributed by atoms with E-state index in [1.165, 1.54) is 0 Å². The minimum Gasteiger partial charge on any atom is -0.340 e. The van der Waals surface area contributed by atoms with Gasteiger partial charge in [0, 0.05) is 28.6 Å². The van der Waals surface area contributed by atoms with E-state index in [2.05, 4.69) is 26.7 Å². The van der Waals surface area contributed by atoms with Crippen molar-refractivity contribution >= 4 is 23.1 Å². The summed E-state index contributed by atoms with van der Waals surface area (Å²) in [4.78, 5) is 21.6. The Bertz CT molecular complexity index is 1260. The second kappa shape index (κ2) is 8.89. The molecule has 4 aromatic rings. The standard InChI is InChI=1S/C25H19N5O/c1-17-27-23(19-6-3-2-4-7-19)15-24(28-17)29-22-9-5-8-20(14-22)25(31)30-21-12-10-18(16-26)11-13-21/h2-15H,1H3,(H,30,31)(H,27,28,29). The second-order valence-corrected chi connectivity index (χ2v) is 6.90. The van der Waals surface area contributed by atoms with Crippen molar-refractivity contribution in [1.29, 1.82) is 5.26 Å². The number of amides is 1. The minimum atomic E-state index is -0.239. The molecule has 150 valence electrons. The van der Waals surface area contributed by atoms with Crippen LogP contribution in [0.1, 0.15) is 21.7 Å².